The van der Waals surface area contributed by atoms with Crippen molar-refractivity contribution < 1.29 is 29.0 Å². The first-order valence-corrected chi connectivity index (χ1v) is 23.8. The smallest absolute Gasteiger partial charge is 0.249 e. The summed E-state index contributed by atoms with van der Waals surface area (Å²) in [5.41, 5.74) is 4.26. The minimum Gasteiger partial charge on any atom is -0.393 e. The van der Waals surface area contributed by atoms with Crippen molar-refractivity contribution in [2.24, 2.45) is 40.9 Å². The van der Waals surface area contributed by atoms with Crippen molar-refractivity contribution in [2.75, 3.05) is 39.4 Å². The molecule has 5 saturated carbocycles. The van der Waals surface area contributed by atoms with E-state index in [-0.39, 0.29) is 41.8 Å². The van der Waals surface area contributed by atoms with Crippen molar-refractivity contribution in [1.29, 1.82) is 0 Å². The predicted molar refractivity (Wildman–Crippen MR) is 217 cm³/mol. The maximum Gasteiger partial charge on any atom is 0.249 e. The number of allylic oxidation sites excluding steroid dienone is 2. The van der Waals surface area contributed by atoms with E-state index in [1.54, 1.807) is 4.90 Å². The Morgan fingerprint density at radius 1 is 0.786 bits per heavy atom. The van der Waals surface area contributed by atoms with Crippen molar-refractivity contribution in [2.45, 2.75) is 185 Å². The average Bonchev–Trinajstić information content (AvgIpc) is 3.52. The molecular weight excluding hydrogens is 703 g/mol. The molecule has 3 heterocycles. The van der Waals surface area contributed by atoms with Gasteiger partial charge in [0.1, 0.15) is 6.04 Å². The van der Waals surface area contributed by atoms with Crippen LogP contribution in [-0.2, 0) is 23.9 Å². The summed E-state index contributed by atoms with van der Waals surface area (Å²) in [6.45, 7) is 8.24. The number of carbonyl (C=O) groups is 3. The molecule has 3 aliphatic heterocycles. The number of nitrogens with one attached hydrogen (secondary N) is 1. The van der Waals surface area contributed by atoms with Crippen LogP contribution in [-0.4, -0.2) is 96.4 Å². The predicted octanol–water partition coefficient (Wildman–Crippen LogP) is 7.73. The summed E-state index contributed by atoms with van der Waals surface area (Å²) in [5, 5.41) is 12.7. The van der Waals surface area contributed by atoms with Crippen LogP contribution >= 0.6 is 0 Å². The lowest BCUT2D eigenvalue weighted by Crippen LogP contribution is -2.53. The summed E-state index contributed by atoms with van der Waals surface area (Å²) in [5.74, 6) is 2.88. The topological polar surface area (TPSA) is 108 Å². The van der Waals surface area contributed by atoms with E-state index in [0.29, 0.717) is 36.8 Å². The van der Waals surface area contributed by atoms with Crippen LogP contribution in [0.2, 0.25) is 0 Å². The van der Waals surface area contributed by atoms with Crippen LogP contribution in [0.15, 0.2) is 11.1 Å². The van der Waals surface area contributed by atoms with Crippen LogP contribution in [0.1, 0.15) is 161 Å². The fourth-order valence-electron chi connectivity index (χ4n) is 13.5. The van der Waals surface area contributed by atoms with Gasteiger partial charge in [0.15, 0.2) is 0 Å². The van der Waals surface area contributed by atoms with Crippen LogP contribution in [0.3, 0.4) is 0 Å². The molecule has 56 heavy (non-hydrogen) atoms. The third-order valence-electron chi connectivity index (χ3n) is 16.7. The highest BCUT2D eigenvalue weighted by molar-refractivity contribution is 6.02. The summed E-state index contributed by atoms with van der Waals surface area (Å²) in [6.07, 6.45) is 28.2. The van der Waals surface area contributed by atoms with Gasteiger partial charge in [0.25, 0.3) is 0 Å². The number of rotatable bonds is 13. The summed E-state index contributed by atoms with van der Waals surface area (Å²) >= 11 is 0. The Kier molecular flexibility index (Phi) is 13.6. The molecule has 2 N–H and O–H groups in total. The molecule has 0 bridgehead atoms. The molecule has 0 aromatic rings. The number of aliphatic hydroxyl groups excluding tert-OH is 1. The number of fused-ring (bicyclic) bond motifs is 1. The van der Waals surface area contributed by atoms with Gasteiger partial charge in [0, 0.05) is 32.0 Å². The molecule has 0 radical (unpaired) electrons. The van der Waals surface area contributed by atoms with Crippen molar-refractivity contribution in [3.8, 4) is 0 Å². The normalized spacial score (nSPS) is 36.6. The monoisotopic (exact) mass is 778 g/mol. The van der Waals surface area contributed by atoms with E-state index in [1.807, 2.05) is 11.1 Å². The largest absolute Gasteiger partial charge is 0.393 e. The van der Waals surface area contributed by atoms with Crippen molar-refractivity contribution in [3.63, 3.8) is 0 Å². The SMILES string of the molecule is CC/C(=C(\C1CCC(O)CC1)C1CCC(OCCN2CCC3(CC2)CC(CCOC2CCC4C(=O)N(C5CCC(=O)NC5=O)CC4C2)C3)CC1)C1CCCCC1. The fourth-order valence-corrected chi connectivity index (χ4v) is 13.5. The van der Waals surface area contributed by atoms with E-state index in [0.717, 1.165) is 76.0 Å². The summed E-state index contributed by atoms with van der Waals surface area (Å²) in [7, 11) is 0. The Morgan fingerprint density at radius 2 is 1.46 bits per heavy atom. The molecule has 8 aliphatic rings. The number of nitrogens with zero attached hydrogens (tertiary/aromatic N) is 2. The maximum absolute atomic E-state index is 13.2. The lowest BCUT2D eigenvalue weighted by molar-refractivity contribution is -0.145. The number of likely N-dealkylation sites (tertiary alicyclic amines) is 2. The van der Waals surface area contributed by atoms with E-state index in [1.165, 1.54) is 116 Å². The van der Waals surface area contributed by atoms with Gasteiger partial charge in [-0.2, -0.15) is 0 Å². The van der Waals surface area contributed by atoms with Gasteiger partial charge >= 0.3 is 0 Å². The van der Waals surface area contributed by atoms with Crippen LogP contribution in [0, 0.1) is 40.9 Å². The molecule has 9 nitrogen and oxygen atoms in total. The number of hydrogen-bond acceptors (Lipinski definition) is 7. The van der Waals surface area contributed by atoms with Gasteiger partial charge in [0.05, 0.1) is 24.9 Å². The fraction of sp³-hybridized carbons (Fsp3) is 0.894. The minimum absolute atomic E-state index is 0.00790. The van der Waals surface area contributed by atoms with Crippen molar-refractivity contribution in [1.82, 2.24) is 15.1 Å². The van der Waals surface area contributed by atoms with E-state index in [9.17, 15) is 19.5 Å². The van der Waals surface area contributed by atoms with Gasteiger partial charge in [-0.3, -0.25) is 19.7 Å². The van der Waals surface area contributed by atoms with Crippen LogP contribution < -0.4 is 5.32 Å². The van der Waals surface area contributed by atoms with Gasteiger partial charge in [-0.25, -0.2) is 0 Å². The molecule has 4 atom stereocenters. The van der Waals surface area contributed by atoms with Gasteiger partial charge in [-0.1, -0.05) is 37.3 Å². The second kappa shape index (κ2) is 18.6. The first-order chi connectivity index (χ1) is 27.3. The molecule has 5 aliphatic carbocycles. The lowest BCUT2D eigenvalue weighted by atomic mass is 9.57. The van der Waals surface area contributed by atoms with E-state index in [4.69, 9.17) is 9.47 Å². The Labute approximate surface area is 337 Å². The number of carbonyl (C=O) groups excluding carboxylic acids is 3. The number of hydrogen-bond donors (Lipinski definition) is 2. The molecule has 1 spiro atoms. The Morgan fingerprint density at radius 3 is 2.16 bits per heavy atom. The number of amides is 3. The molecule has 3 saturated heterocycles. The van der Waals surface area contributed by atoms with Crippen LogP contribution in [0.4, 0.5) is 0 Å². The zero-order chi connectivity index (χ0) is 38.6. The summed E-state index contributed by atoms with van der Waals surface area (Å²) in [4.78, 5) is 41.6. The van der Waals surface area contributed by atoms with Crippen molar-refractivity contribution in [3.05, 3.63) is 11.1 Å². The van der Waals surface area contributed by atoms with E-state index < -0.39 is 6.04 Å². The van der Waals surface area contributed by atoms with Gasteiger partial charge in [-0.05, 0) is 177 Å². The highest BCUT2D eigenvalue weighted by atomic mass is 16.5. The minimum atomic E-state index is -0.489. The third kappa shape index (κ3) is 9.47. The quantitative estimate of drug-likeness (QED) is 0.146. The number of ether oxygens (including phenoxy) is 2. The highest BCUT2D eigenvalue weighted by Crippen LogP contribution is 2.54. The maximum atomic E-state index is 13.2. The van der Waals surface area contributed by atoms with Gasteiger partial charge in [-0.15, -0.1) is 0 Å². The van der Waals surface area contributed by atoms with E-state index >= 15 is 0 Å². The van der Waals surface area contributed by atoms with Crippen LogP contribution in [0.25, 0.3) is 0 Å². The molecule has 314 valence electrons. The molecule has 3 amide bonds. The summed E-state index contributed by atoms with van der Waals surface area (Å²) in [6, 6.07) is -0.489. The number of imide groups is 1. The zero-order valence-corrected chi connectivity index (χ0v) is 34.9. The second-order valence-electron chi connectivity index (χ2n) is 20.1. The summed E-state index contributed by atoms with van der Waals surface area (Å²) < 4.78 is 13.0. The number of piperidine rings is 2. The molecular formula is C47H75N3O6. The standard InChI is InChI=1S/C47H75N3O6/c1-2-40(33-6-4-3-5-7-33)44(34-8-12-37(51)13-9-34)35-10-14-38(15-11-35)56-27-25-49-23-21-47(22-24-49)29-32(30-47)20-26-55-39-16-17-41-36(28-39)31-50(46(41)54)42-18-19-43(52)48-45(42)53/h32-39,41-42,51H,2-31H2,1H3,(H,48,52,53)/b44-40-. The van der Waals surface area contributed by atoms with Crippen LogP contribution in [0.5, 0.6) is 0 Å². The molecule has 8 rings (SSSR count). The first-order valence-electron chi connectivity index (χ1n) is 23.8. The highest BCUT2D eigenvalue weighted by Gasteiger charge is 2.49. The molecule has 9 heteroatoms. The molecule has 0 aromatic heterocycles. The Bertz CT molecular complexity index is 1380. The average molecular weight is 778 g/mol. The third-order valence-corrected chi connectivity index (χ3v) is 16.7. The molecule has 0 aromatic carbocycles. The first kappa shape index (κ1) is 40.9. The van der Waals surface area contributed by atoms with E-state index in [2.05, 4.69) is 17.1 Å². The Balaban J connectivity index is 0.703. The van der Waals surface area contributed by atoms with Crippen molar-refractivity contribution >= 4 is 17.7 Å². The Hall–Kier alpha value is -1.81. The van der Waals surface area contributed by atoms with Gasteiger partial charge < -0.3 is 24.4 Å². The second-order valence-corrected chi connectivity index (χ2v) is 20.1. The molecule has 8 fully saturated rings. The zero-order valence-electron chi connectivity index (χ0n) is 34.9. The van der Waals surface area contributed by atoms with Gasteiger partial charge in [0.2, 0.25) is 17.7 Å². The lowest BCUT2D eigenvalue weighted by Gasteiger charge is -2.52. The molecule has 4 unspecified atom stereocenters. The number of aliphatic hydroxyl groups is 1.